The van der Waals surface area contributed by atoms with Gasteiger partial charge in [0.2, 0.25) is 11.8 Å². The average molecular weight is 304 g/mol. The number of carbonyl (C=O) groups excluding carboxylic acids is 2. The quantitative estimate of drug-likeness (QED) is 0.803. The van der Waals surface area contributed by atoms with Gasteiger partial charge in [0.15, 0.2) is 9.84 Å². The van der Waals surface area contributed by atoms with Gasteiger partial charge in [-0.2, -0.15) is 0 Å². The van der Waals surface area contributed by atoms with Crippen molar-refractivity contribution in [2.75, 3.05) is 12.8 Å². The van der Waals surface area contributed by atoms with Gasteiger partial charge in [0.1, 0.15) is 12.1 Å². The van der Waals surface area contributed by atoms with Crippen molar-refractivity contribution in [2.45, 2.75) is 51.4 Å². The Labute approximate surface area is 120 Å². The largest absolute Gasteiger partial charge is 0.343 e. The van der Waals surface area contributed by atoms with Crippen LogP contribution < -0.4 is 5.32 Å². The van der Waals surface area contributed by atoms with Crippen LogP contribution in [0.2, 0.25) is 0 Å². The van der Waals surface area contributed by atoms with E-state index in [1.807, 2.05) is 13.8 Å². The number of amides is 2. The SMILES string of the molecule is CC1NC(=O)C(C(C)C)N(CC(C)(C)S(C)(=O)=O)C1=O. The first-order valence-electron chi connectivity index (χ1n) is 6.69. The molecule has 0 bridgehead atoms. The highest BCUT2D eigenvalue weighted by Crippen LogP contribution is 2.24. The fourth-order valence-electron chi connectivity index (χ4n) is 2.25. The van der Waals surface area contributed by atoms with Gasteiger partial charge in [0.05, 0.1) is 4.75 Å². The van der Waals surface area contributed by atoms with Crippen LogP contribution in [0.15, 0.2) is 0 Å². The number of hydrogen-bond donors (Lipinski definition) is 1. The molecule has 2 unspecified atom stereocenters. The molecule has 1 N–H and O–H groups in total. The van der Waals surface area contributed by atoms with E-state index in [-0.39, 0.29) is 24.3 Å². The summed E-state index contributed by atoms with van der Waals surface area (Å²) < 4.78 is 22.6. The fourth-order valence-corrected chi connectivity index (χ4v) is 2.63. The van der Waals surface area contributed by atoms with Crippen molar-refractivity contribution in [1.82, 2.24) is 10.2 Å². The van der Waals surface area contributed by atoms with Gasteiger partial charge in [-0.15, -0.1) is 0 Å². The zero-order valence-electron chi connectivity index (χ0n) is 12.9. The minimum absolute atomic E-state index is 0.0191. The van der Waals surface area contributed by atoms with Crippen LogP contribution in [-0.4, -0.2) is 54.8 Å². The fraction of sp³-hybridized carbons (Fsp3) is 0.846. The van der Waals surface area contributed by atoms with Gasteiger partial charge in [-0.25, -0.2) is 8.42 Å². The van der Waals surface area contributed by atoms with Gasteiger partial charge in [-0.05, 0) is 26.7 Å². The molecule has 0 aromatic rings. The van der Waals surface area contributed by atoms with E-state index in [1.165, 1.54) is 4.90 Å². The second-order valence-electron chi connectivity index (χ2n) is 6.42. The molecule has 2 atom stereocenters. The van der Waals surface area contributed by atoms with Crippen molar-refractivity contribution in [3.8, 4) is 0 Å². The van der Waals surface area contributed by atoms with Crippen LogP contribution in [-0.2, 0) is 19.4 Å². The molecule has 1 aliphatic rings. The summed E-state index contributed by atoms with van der Waals surface area (Å²) in [5.41, 5.74) is 0. The summed E-state index contributed by atoms with van der Waals surface area (Å²) in [5, 5.41) is 2.64. The van der Waals surface area contributed by atoms with Gasteiger partial charge >= 0.3 is 0 Å². The van der Waals surface area contributed by atoms with Gasteiger partial charge < -0.3 is 10.2 Å². The molecule has 0 spiro atoms. The van der Waals surface area contributed by atoms with Crippen LogP contribution in [0.1, 0.15) is 34.6 Å². The molecular weight excluding hydrogens is 280 g/mol. The van der Waals surface area contributed by atoms with E-state index in [0.29, 0.717) is 0 Å². The van der Waals surface area contributed by atoms with Gasteiger partial charge in [0.25, 0.3) is 0 Å². The van der Waals surface area contributed by atoms with E-state index in [1.54, 1.807) is 20.8 Å². The molecule has 2 amide bonds. The summed E-state index contributed by atoms with van der Waals surface area (Å²) in [5.74, 6) is -0.543. The molecule has 0 aliphatic carbocycles. The highest BCUT2D eigenvalue weighted by atomic mass is 32.2. The molecule has 20 heavy (non-hydrogen) atoms. The Kier molecular flexibility index (Phi) is 4.53. The Morgan fingerprint density at radius 2 is 1.80 bits per heavy atom. The monoisotopic (exact) mass is 304 g/mol. The summed E-state index contributed by atoms with van der Waals surface area (Å²) in [7, 11) is -3.33. The van der Waals surface area contributed by atoms with Gasteiger partial charge in [-0.3, -0.25) is 9.59 Å². The lowest BCUT2D eigenvalue weighted by Crippen LogP contribution is -2.66. The third kappa shape index (κ3) is 3.13. The summed E-state index contributed by atoms with van der Waals surface area (Å²) in [6.07, 6.45) is 1.15. The zero-order valence-corrected chi connectivity index (χ0v) is 13.7. The van der Waals surface area contributed by atoms with Crippen LogP contribution in [0, 0.1) is 5.92 Å². The number of nitrogens with zero attached hydrogens (tertiary/aromatic N) is 1. The first-order chi connectivity index (χ1) is 8.88. The topological polar surface area (TPSA) is 83.6 Å². The number of nitrogens with one attached hydrogen (secondary N) is 1. The van der Waals surface area contributed by atoms with E-state index in [4.69, 9.17) is 0 Å². The van der Waals surface area contributed by atoms with Crippen LogP contribution in [0.4, 0.5) is 0 Å². The second kappa shape index (κ2) is 5.35. The molecular formula is C13H24N2O4S. The summed E-state index contributed by atoms with van der Waals surface area (Å²) in [4.78, 5) is 25.8. The molecule has 0 aromatic carbocycles. The lowest BCUT2D eigenvalue weighted by molar-refractivity contribution is -0.151. The van der Waals surface area contributed by atoms with E-state index in [0.717, 1.165) is 6.26 Å². The van der Waals surface area contributed by atoms with Crippen LogP contribution in [0.3, 0.4) is 0 Å². The molecule has 0 saturated carbocycles. The van der Waals surface area contributed by atoms with Crippen LogP contribution in [0.25, 0.3) is 0 Å². The van der Waals surface area contributed by atoms with Crippen molar-refractivity contribution in [3.05, 3.63) is 0 Å². The molecule has 116 valence electrons. The minimum atomic E-state index is -3.33. The standard InChI is InChI=1S/C13H24N2O4S/c1-8(2)10-11(16)14-9(3)12(17)15(10)7-13(4,5)20(6,18)19/h8-10H,7H2,1-6H3,(H,14,16). The van der Waals surface area contributed by atoms with E-state index in [2.05, 4.69) is 5.32 Å². The smallest absolute Gasteiger partial charge is 0.245 e. The molecule has 0 aromatic heterocycles. The molecule has 1 aliphatic heterocycles. The number of piperazine rings is 1. The van der Waals surface area contributed by atoms with E-state index < -0.39 is 26.7 Å². The predicted molar refractivity (Wildman–Crippen MR) is 76.9 cm³/mol. The summed E-state index contributed by atoms with van der Waals surface area (Å²) in [6.45, 7) is 8.46. The Hall–Kier alpha value is -1.11. The highest BCUT2D eigenvalue weighted by Gasteiger charge is 2.44. The van der Waals surface area contributed by atoms with Crippen LogP contribution >= 0.6 is 0 Å². The number of rotatable bonds is 4. The number of sulfone groups is 1. The minimum Gasteiger partial charge on any atom is -0.343 e. The average Bonchev–Trinajstić information content (AvgIpc) is 2.22. The first-order valence-corrected chi connectivity index (χ1v) is 8.58. The van der Waals surface area contributed by atoms with E-state index >= 15 is 0 Å². The third-order valence-corrected chi connectivity index (χ3v) is 5.94. The maximum Gasteiger partial charge on any atom is 0.245 e. The molecule has 1 fully saturated rings. The van der Waals surface area contributed by atoms with Crippen molar-refractivity contribution in [2.24, 2.45) is 5.92 Å². The first kappa shape index (κ1) is 16.9. The van der Waals surface area contributed by atoms with Crippen LogP contribution in [0.5, 0.6) is 0 Å². The van der Waals surface area contributed by atoms with Crippen molar-refractivity contribution in [1.29, 1.82) is 0 Å². The Morgan fingerprint density at radius 3 is 2.20 bits per heavy atom. The molecule has 6 nitrogen and oxygen atoms in total. The Morgan fingerprint density at radius 1 is 1.30 bits per heavy atom. The molecule has 1 saturated heterocycles. The molecule has 1 heterocycles. The number of carbonyl (C=O) groups is 2. The van der Waals surface area contributed by atoms with Gasteiger partial charge in [0, 0.05) is 12.8 Å². The Balaban J connectivity index is 3.15. The second-order valence-corrected chi connectivity index (χ2v) is 9.07. The maximum atomic E-state index is 12.3. The number of hydrogen-bond acceptors (Lipinski definition) is 4. The zero-order chi connectivity index (χ0) is 15.9. The van der Waals surface area contributed by atoms with Crippen molar-refractivity contribution < 1.29 is 18.0 Å². The molecule has 0 radical (unpaired) electrons. The molecule has 1 rings (SSSR count). The maximum absolute atomic E-state index is 12.3. The summed E-state index contributed by atoms with van der Waals surface area (Å²) >= 11 is 0. The lowest BCUT2D eigenvalue weighted by atomic mass is 9.96. The Bertz CT molecular complexity index is 510. The van der Waals surface area contributed by atoms with Crippen molar-refractivity contribution in [3.63, 3.8) is 0 Å². The molecule has 7 heteroatoms. The van der Waals surface area contributed by atoms with E-state index in [9.17, 15) is 18.0 Å². The predicted octanol–water partition coefficient (Wildman–Crippen LogP) is 0.181. The van der Waals surface area contributed by atoms with Crippen molar-refractivity contribution >= 4 is 21.7 Å². The van der Waals surface area contributed by atoms with Gasteiger partial charge in [-0.1, -0.05) is 13.8 Å². The summed E-state index contributed by atoms with van der Waals surface area (Å²) in [6, 6.07) is -1.24. The normalized spacial score (nSPS) is 25.1. The highest BCUT2D eigenvalue weighted by molar-refractivity contribution is 7.92. The third-order valence-electron chi connectivity index (χ3n) is 3.80. The lowest BCUT2D eigenvalue weighted by Gasteiger charge is -2.42.